The molecular weight excluding hydrogens is 368 g/mol. The van der Waals surface area contributed by atoms with Crippen LogP contribution in [0.3, 0.4) is 0 Å². The molecule has 0 unspecified atom stereocenters. The molecule has 0 radical (unpaired) electrons. The summed E-state index contributed by atoms with van der Waals surface area (Å²) in [5, 5.41) is 3.32. The molecule has 1 N–H and O–H groups in total. The molecule has 1 heterocycles. The third kappa shape index (κ3) is 4.51. The van der Waals surface area contributed by atoms with E-state index in [-0.39, 0.29) is 0 Å². The first kappa shape index (κ1) is 20.3. The van der Waals surface area contributed by atoms with E-state index in [1.807, 2.05) is 55.5 Å². The van der Waals surface area contributed by atoms with Crippen LogP contribution < -0.4 is 24.4 Å². The molecule has 2 aromatic carbocycles. The molecule has 29 heavy (non-hydrogen) atoms. The summed E-state index contributed by atoms with van der Waals surface area (Å²) in [5.74, 6) is 2.99. The molecule has 0 aliphatic rings. The van der Waals surface area contributed by atoms with E-state index in [2.05, 4.69) is 22.1 Å². The number of methoxy groups -OCH3 is 3. The van der Waals surface area contributed by atoms with Gasteiger partial charge in [-0.2, -0.15) is 4.98 Å². The van der Waals surface area contributed by atoms with E-state index in [1.54, 1.807) is 21.3 Å². The van der Waals surface area contributed by atoms with E-state index < -0.39 is 0 Å². The Morgan fingerprint density at radius 3 is 2.10 bits per heavy atom. The topological polar surface area (TPSA) is 68.7 Å². The Hall–Kier alpha value is -3.48. The van der Waals surface area contributed by atoms with Gasteiger partial charge in [-0.05, 0) is 26.0 Å². The average molecular weight is 394 g/mol. The summed E-state index contributed by atoms with van der Waals surface area (Å²) < 4.78 is 16.3. The van der Waals surface area contributed by atoms with Crippen molar-refractivity contribution in [2.24, 2.45) is 0 Å². The minimum absolute atomic E-state index is 0.543. The standard InChI is InChI=1S/C22H26N4O3/c1-6-26(17-10-8-7-9-11-17)22-23-15(2)12-20(25-22)24-16-13-18(27-3)21(29-5)19(14-16)28-4/h7-14H,6H2,1-5H3,(H,23,24,25). The minimum atomic E-state index is 0.543. The van der Waals surface area contributed by atoms with Gasteiger partial charge in [0.05, 0.1) is 21.3 Å². The summed E-state index contributed by atoms with van der Waals surface area (Å²) in [7, 11) is 4.76. The molecule has 0 saturated heterocycles. The highest BCUT2D eigenvalue weighted by atomic mass is 16.5. The van der Waals surface area contributed by atoms with Gasteiger partial charge in [-0.15, -0.1) is 0 Å². The number of para-hydroxylation sites is 1. The Kier molecular flexibility index (Phi) is 6.39. The van der Waals surface area contributed by atoms with Crippen molar-refractivity contribution in [1.29, 1.82) is 0 Å². The van der Waals surface area contributed by atoms with Gasteiger partial charge in [0.25, 0.3) is 0 Å². The molecule has 0 atom stereocenters. The predicted molar refractivity (Wildman–Crippen MR) is 115 cm³/mol. The van der Waals surface area contributed by atoms with Gasteiger partial charge in [0.2, 0.25) is 11.7 Å². The van der Waals surface area contributed by atoms with E-state index in [4.69, 9.17) is 19.2 Å². The van der Waals surface area contributed by atoms with Crippen molar-refractivity contribution in [3.63, 3.8) is 0 Å². The number of aromatic nitrogens is 2. The summed E-state index contributed by atoms with van der Waals surface area (Å²) in [6.07, 6.45) is 0. The van der Waals surface area contributed by atoms with Crippen LogP contribution in [-0.4, -0.2) is 37.8 Å². The smallest absolute Gasteiger partial charge is 0.232 e. The lowest BCUT2D eigenvalue weighted by molar-refractivity contribution is 0.324. The Balaban J connectivity index is 1.97. The van der Waals surface area contributed by atoms with Gasteiger partial charge in [0.15, 0.2) is 11.5 Å². The molecule has 3 aromatic rings. The number of hydrogen-bond donors (Lipinski definition) is 1. The fourth-order valence-corrected chi connectivity index (χ4v) is 3.09. The highest BCUT2D eigenvalue weighted by molar-refractivity contribution is 5.68. The lowest BCUT2D eigenvalue weighted by Crippen LogP contribution is -2.19. The molecule has 0 bridgehead atoms. The van der Waals surface area contributed by atoms with Gasteiger partial charge >= 0.3 is 0 Å². The lowest BCUT2D eigenvalue weighted by atomic mass is 10.2. The highest BCUT2D eigenvalue weighted by Crippen LogP contribution is 2.40. The molecule has 0 aliphatic heterocycles. The van der Waals surface area contributed by atoms with Crippen LogP contribution in [0.5, 0.6) is 17.2 Å². The van der Waals surface area contributed by atoms with Crippen LogP contribution in [0.1, 0.15) is 12.6 Å². The maximum absolute atomic E-state index is 5.43. The Morgan fingerprint density at radius 1 is 0.897 bits per heavy atom. The fourth-order valence-electron chi connectivity index (χ4n) is 3.09. The fraction of sp³-hybridized carbons (Fsp3) is 0.273. The predicted octanol–water partition coefficient (Wildman–Crippen LogP) is 4.71. The van der Waals surface area contributed by atoms with Gasteiger partial charge in [0, 0.05) is 41.8 Å². The van der Waals surface area contributed by atoms with Crippen LogP contribution in [0.4, 0.5) is 23.1 Å². The minimum Gasteiger partial charge on any atom is -0.493 e. The number of rotatable bonds is 8. The first-order chi connectivity index (χ1) is 14.1. The highest BCUT2D eigenvalue weighted by Gasteiger charge is 2.15. The van der Waals surface area contributed by atoms with Gasteiger partial charge in [-0.25, -0.2) is 4.98 Å². The molecule has 1 aromatic heterocycles. The van der Waals surface area contributed by atoms with Crippen LogP contribution in [0.15, 0.2) is 48.5 Å². The monoisotopic (exact) mass is 394 g/mol. The van der Waals surface area contributed by atoms with E-state index in [1.165, 1.54) is 0 Å². The van der Waals surface area contributed by atoms with E-state index in [9.17, 15) is 0 Å². The summed E-state index contributed by atoms with van der Waals surface area (Å²) in [4.78, 5) is 11.4. The Labute approximate surface area is 171 Å². The summed E-state index contributed by atoms with van der Waals surface area (Å²) in [5.41, 5.74) is 2.67. The van der Waals surface area contributed by atoms with Crippen molar-refractivity contribution in [1.82, 2.24) is 9.97 Å². The first-order valence-electron chi connectivity index (χ1n) is 9.34. The Morgan fingerprint density at radius 2 is 1.55 bits per heavy atom. The molecular formula is C22H26N4O3. The van der Waals surface area contributed by atoms with Crippen molar-refractivity contribution >= 4 is 23.1 Å². The molecule has 3 rings (SSSR count). The maximum Gasteiger partial charge on any atom is 0.232 e. The quantitative estimate of drug-likeness (QED) is 0.593. The van der Waals surface area contributed by atoms with Crippen LogP contribution in [0.2, 0.25) is 0 Å². The van der Waals surface area contributed by atoms with Crippen LogP contribution in [0.25, 0.3) is 0 Å². The van der Waals surface area contributed by atoms with Gasteiger partial charge in [-0.3, -0.25) is 0 Å². The van der Waals surface area contributed by atoms with Gasteiger partial charge < -0.3 is 24.4 Å². The van der Waals surface area contributed by atoms with Crippen LogP contribution >= 0.6 is 0 Å². The van der Waals surface area contributed by atoms with E-state index in [0.717, 1.165) is 23.6 Å². The van der Waals surface area contributed by atoms with E-state index >= 15 is 0 Å². The molecule has 0 fully saturated rings. The SMILES string of the molecule is CCN(c1ccccc1)c1nc(C)cc(Nc2cc(OC)c(OC)c(OC)c2)n1. The number of hydrogen-bond acceptors (Lipinski definition) is 7. The second-order valence-corrected chi connectivity index (χ2v) is 6.31. The molecule has 0 saturated carbocycles. The summed E-state index contributed by atoms with van der Waals surface area (Å²) >= 11 is 0. The zero-order valence-corrected chi connectivity index (χ0v) is 17.4. The van der Waals surface area contributed by atoms with Crippen molar-refractivity contribution in [3.8, 4) is 17.2 Å². The van der Waals surface area contributed by atoms with Crippen molar-refractivity contribution < 1.29 is 14.2 Å². The maximum atomic E-state index is 5.43. The number of anilines is 4. The molecule has 0 spiro atoms. The molecule has 0 aliphatic carbocycles. The number of nitrogens with one attached hydrogen (secondary N) is 1. The van der Waals surface area contributed by atoms with Crippen molar-refractivity contribution in [2.45, 2.75) is 13.8 Å². The number of aryl methyl sites for hydroxylation is 1. The third-order valence-corrected chi connectivity index (χ3v) is 4.41. The number of ether oxygens (including phenoxy) is 3. The van der Waals surface area contributed by atoms with Gasteiger partial charge in [0.1, 0.15) is 5.82 Å². The van der Waals surface area contributed by atoms with Crippen LogP contribution in [-0.2, 0) is 0 Å². The van der Waals surface area contributed by atoms with E-state index in [0.29, 0.717) is 29.0 Å². The summed E-state index contributed by atoms with van der Waals surface area (Å²) in [6, 6.07) is 15.7. The largest absolute Gasteiger partial charge is 0.493 e. The van der Waals surface area contributed by atoms with Crippen molar-refractivity contribution in [2.75, 3.05) is 38.1 Å². The first-order valence-corrected chi connectivity index (χ1v) is 9.34. The second kappa shape index (κ2) is 9.14. The van der Waals surface area contributed by atoms with Crippen molar-refractivity contribution in [3.05, 3.63) is 54.2 Å². The third-order valence-electron chi connectivity index (χ3n) is 4.41. The molecule has 7 nitrogen and oxygen atoms in total. The zero-order valence-electron chi connectivity index (χ0n) is 17.4. The normalized spacial score (nSPS) is 10.4. The molecule has 0 amide bonds. The number of nitrogens with zero attached hydrogens (tertiary/aromatic N) is 3. The lowest BCUT2D eigenvalue weighted by Gasteiger charge is -2.22. The second-order valence-electron chi connectivity index (χ2n) is 6.31. The average Bonchev–Trinajstić information content (AvgIpc) is 2.74. The van der Waals surface area contributed by atoms with Crippen LogP contribution in [0, 0.1) is 6.92 Å². The Bertz CT molecular complexity index is 939. The number of benzene rings is 2. The molecule has 152 valence electrons. The summed E-state index contributed by atoms with van der Waals surface area (Å²) in [6.45, 7) is 4.77. The molecule has 7 heteroatoms. The zero-order chi connectivity index (χ0) is 20.8. The van der Waals surface area contributed by atoms with Gasteiger partial charge in [-0.1, -0.05) is 18.2 Å².